The summed E-state index contributed by atoms with van der Waals surface area (Å²) in [6.45, 7) is 12.1. The van der Waals surface area contributed by atoms with Crippen molar-refractivity contribution in [3.05, 3.63) is 22.0 Å². The molecule has 0 fully saturated rings. The van der Waals surface area contributed by atoms with Gasteiger partial charge in [-0.1, -0.05) is 81.6 Å². The number of rotatable bonds is 7. The first-order valence-corrected chi connectivity index (χ1v) is 10.5. The van der Waals surface area contributed by atoms with E-state index in [2.05, 4.69) is 39.9 Å². The molecule has 0 nitrogen and oxygen atoms in total. The van der Waals surface area contributed by atoms with Crippen molar-refractivity contribution >= 4 is 8.07 Å². The Hall–Kier alpha value is -0.303. The maximum atomic E-state index is 2.58. The molecule has 0 amide bonds. The van der Waals surface area contributed by atoms with E-state index in [1.54, 1.807) is 5.57 Å². The number of hydrogen-bond acceptors (Lipinski definition) is 0. The molecule has 17 heavy (non-hydrogen) atoms. The zero-order valence-electron chi connectivity index (χ0n) is 12.5. The second-order valence-corrected chi connectivity index (χ2v) is 10.4. The molecular weight excluding hydrogens is 220 g/mol. The third-order valence-corrected chi connectivity index (χ3v) is 8.33. The van der Waals surface area contributed by atoms with Gasteiger partial charge in [0, 0.05) is 0 Å². The predicted octanol–water partition coefficient (Wildman–Crippen LogP) is 5.80. The molecule has 0 aliphatic carbocycles. The molecule has 0 N–H and O–H groups in total. The van der Waals surface area contributed by atoms with Crippen molar-refractivity contribution in [2.75, 3.05) is 0 Å². The molecule has 1 rings (SSSR count). The fourth-order valence-corrected chi connectivity index (χ4v) is 6.54. The Morgan fingerprint density at radius 1 is 0.941 bits per heavy atom. The van der Waals surface area contributed by atoms with E-state index in [0.29, 0.717) is 0 Å². The quantitative estimate of drug-likeness (QED) is 0.501. The standard InChI is InChI=1S/C16H30Si/c1-6-9-11-15-13-14(8-3)16(12-10-7-2)17(15,4)5/h13H,6-12H2,1-5H3. The van der Waals surface area contributed by atoms with Crippen LogP contribution in [0.25, 0.3) is 0 Å². The van der Waals surface area contributed by atoms with Gasteiger partial charge in [0.2, 0.25) is 0 Å². The number of allylic oxidation sites excluding steroid dienone is 4. The van der Waals surface area contributed by atoms with Gasteiger partial charge in [-0.3, -0.25) is 0 Å². The second kappa shape index (κ2) is 6.58. The lowest BCUT2D eigenvalue weighted by atomic mass is 10.1. The molecule has 0 aromatic heterocycles. The highest BCUT2D eigenvalue weighted by Gasteiger charge is 2.35. The molecule has 1 aliphatic rings. The van der Waals surface area contributed by atoms with Crippen LogP contribution in [0.3, 0.4) is 0 Å². The first-order valence-electron chi connectivity index (χ1n) is 7.51. The van der Waals surface area contributed by atoms with Crippen LogP contribution in [0.2, 0.25) is 13.1 Å². The van der Waals surface area contributed by atoms with Gasteiger partial charge in [0.1, 0.15) is 8.07 Å². The molecule has 0 spiro atoms. The van der Waals surface area contributed by atoms with Gasteiger partial charge in [-0.05, 0) is 19.3 Å². The lowest BCUT2D eigenvalue weighted by molar-refractivity contribution is 0.794. The highest BCUT2D eigenvalue weighted by molar-refractivity contribution is 6.91. The largest absolute Gasteiger partial charge is 0.103 e. The Morgan fingerprint density at radius 2 is 1.53 bits per heavy atom. The van der Waals surface area contributed by atoms with E-state index in [4.69, 9.17) is 0 Å². The van der Waals surface area contributed by atoms with E-state index in [1.807, 2.05) is 10.4 Å². The molecule has 0 radical (unpaired) electrons. The minimum atomic E-state index is -1.22. The molecule has 1 heteroatoms. The lowest BCUT2D eigenvalue weighted by Gasteiger charge is -2.26. The summed E-state index contributed by atoms with van der Waals surface area (Å²) in [6, 6.07) is 0. The molecule has 98 valence electrons. The maximum Gasteiger partial charge on any atom is 0.103 e. The van der Waals surface area contributed by atoms with Gasteiger partial charge in [-0.2, -0.15) is 0 Å². The van der Waals surface area contributed by atoms with Gasteiger partial charge in [-0.15, -0.1) is 0 Å². The average molecular weight is 251 g/mol. The van der Waals surface area contributed by atoms with Crippen LogP contribution in [0.1, 0.15) is 65.7 Å². The van der Waals surface area contributed by atoms with Crippen LogP contribution >= 0.6 is 0 Å². The number of unbranched alkanes of at least 4 members (excludes halogenated alkanes) is 2. The van der Waals surface area contributed by atoms with E-state index in [0.717, 1.165) is 0 Å². The molecule has 0 atom stereocenters. The van der Waals surface area contributed by atoms with Crippen molar-refractivity contribution in [3.8, 4) is 0 Å². The van der Waals surface area contributed by atoms with Crippen LogP contribution in [0, 0.1) is 0 Å². The molecule has 0 saturated carbocycles. The Kier molecular flexibility index (Phi) is 5.71. The average Bonchev–Trinajstić information content (AvgIpc) is 2.55. The van der Waals surface area contributed by atoms with E-state index >= 15 is 0 Å². The molecule has 1 aliphatic heterocycles. The Bertz CT molecular complexity index is 307. The van der Waals surface area contributed by atoms with Crippen molar-refractivity contribution < 1.29 is 0 Å². The first-order chi connectivity index (χ1) is 8.07. The Labute approximate surface area is 109 Å². The predicted molar refractivity (Wildman–Crippen MR) is 81.9 cm³/mol. The lowest BCUT2D eigenvalue weighted by Crippen LogP contribution is -2.30. The summed E-state index contributed by atoms with van der Waals surface area (Å²) < 4.78 is 0. The summed E-state index contributed by atoms with van der Waals surface area (Å²) in [5.41, 5.74) is 1.70. The summed E-state index contributed by atoms with van der Waals surface area (Å²) in [5.74, 6) is 0. The molecule has 1 heterocycles. The van der Waals surface area contributed by atoms with Crippen LogP contribution in [-0.2, 0) is 0 Å². The van der Waals surface area contributed by atoms with E-state index in [-0.39, 0.29) is 0 Å². The normalized spacial score (nSPS) is 18.8. The summed E-state index contributed by atoms with van der Waals surface area (Å²) in [6.07, 6.45) is 11.9. The Morgan fingerprint density at radius 3 is 2.06 bits per heavy atom. The molecule has 0 saturated heterocycles. The van der Waals surface area contributed by atoms with Gasteiger partial charge in [0.15, 0.2) is 0 Å². The maximum absolute atomic E-state index is 2.58. The first kappa shape index (κ1) is 14.8. The highest BCUT2D eigenvalue weighted by Crippen LogP contribution is 2.40. The highest BCUT2D eigenvalue weighted by atomic mass is 28.3. The zero-order chi connectivity index (χ0) is 12.9. The molecule has 0 bridgehead atoms. The van der Waals surface area contributed by atoms with E-state index < -0.39 is 8.07 Å². The fraction of sp³-hybridized carbons (Fsp3) is 0.750. The van der Waals surface area contributed by atoms with Crippen molar-refractivity contribution in [1.29, 1.82) is 0 Å². The monoisotopic (exact) mass is 250 g/mol. The smallest absolute Gasteiger partial charge is 0.0761 e. The van der Waals surface area contributed by atoms with Gasteiger partial charge in [0.05, 0.1) is 0 Å². The van der Waals surface area contributed by atoms with Crippen LogP contribution in [-0.4, -0.2) is 8.07 Å². The van der Waals surface area contributed by atoms with Crippen molar-refractivity contribution in [2.24, 2.45) is 0 Å². The molecule has 0 aromatic carbocycles. The van der Waals surface area contributed by atoms with Crippen molar-refractivity contribution in [2.45, 2.75) is 78.8 Å². The summed E-state index contributed by atoms with van der Waals surface area (Å²) in [5, 5.41) is 3.69. The van der Waals surface area contributed by atoms with Crippen LogP contribution in [0.4, 0.5) is 0 Å². The van der Waals surface area contributed by atoms with Crippen LogP contribution in [0.5, 0.6) is 0 Å². The summed E-state index contributed by atoms with van der Waals surface area (Å²) >= 11 is 0. The zero-order valence-corrected chi connectivity index (χ0v) is 13.5. The molecular formula is C16H30Si. The summed E-state index contributed by atoms with van der Waals surface area (Å²) in [7, 11) is -1.22. The van der Waals surface area contributed by atoms with E-state index in [1.165, 1.54) is 44.9 Å². The topological polar surface area (TPSA) is 0 Å². The molecule has 0 unspecified atom stereocenters. The SMILES string of the molecule is CCCCC1=CC(CC)=C(CCCC)[Si]1(C)C. The summed E-state index contributed by atoms with van der Waals surface area (Å²) in [4.78, 5) is 0. The Balaban J connectivity index is 2.83. The van der Waals surface area contributed by atoms with Gasteiger partial charge < -0.3 is 0 Å². The third-order valence-electron chi connectivity index (χ3n) is 4.25. The minimum absolute atomic E-state index is 1.22. The van der Waals surface area contributed by atoms with Gasteiger partial charge in [0.25, 0.3) is 0 Å². The fourth-order valence-electron chi connectivity index (χ4n) is 2.97. The molecule has 0 aromatic rings. The minimum Gasteiger partial charge on any atom is -0.0761 e. The van der Waals surface area contributed by atoms with Gasteiger partial charge >= 0.3 is 0 Å². The van der Waals surface area contributed by atoms with E-state index in [9.17, 15) is 0 Å². The van der Waals surface area contributed by atoms with Crippen LogP contribution < -0.4 is 0 Å². The van der Waals surface area contributed by atoms with Crippen LogP contribution in [0.15, 0.2) is 22.0 Å². The van der Waals surface area contributed by atoms with Crippen molar-refractivity contribution in [1.82, 2.24) is 0 Å². The second-order valence-electron chi connectivity index (χ2n) is 5.86. The van der Waals surface area contributed by atoms with Crippen molar-refractivity contribution in [3.63, 3.8) is 0 Å². The number of hydrogen-bond donors (Lipinski definition) is 0. The van der Waals surface area contributed by atoms with Gasteiger partial charge in [-0.25, -0.2) is 0 Å². The third kappa shape index (κ3) is 3.34.